The van der Waals surface area contributed by atoms with Gasteiger partial charge in [0, 0.05) is 29.7 Å². The summed E-state index contributed by atoms with van der Waals surface area (Å²) in [4.78, 5) is 28.2. The quantitative estimate of drug-likeness (QED) is 0.344. The second kappa shape index (κ2) is 9.10. The Kier molecular flexibility index (Phi) is 5.87. The van der Waals surface area contributed by atoms with Crippen molar-refractivity contribution in [1.82, 2.24) is 14.9 Å². The van der Waals surface area contributed by atoms with Crippen molar-refractivity contribution >= 4 is 11.6 Å². The number of nitrogens with zero attached hydrogens (tertiary/aromatic N) is 3. The molecule has 1 aromatic heterocycles. The highest BCUT2D eigenvalue weighted by Gasteiger charge is 2.52. The Morgan fingerprint density at radius 2 is 1.86 bits per heavy atom. The minimum Gasteiger partial charge on any atom is -0.392 e. The number of aliphatic hydroxyl groups is 1. The zero-order valence-corrected chi connectivity index (χ0v) is 20.8. The number of aliphatic hydroxyl groups excluding tert-OH is 1. The summed E-state index contributed by atoms with van der Waals surface area (Å²) in [6.07, 6.45) is 9.97. The largest absolute Gasteiger partial charge is 0.392 e. The number of hydrogen-bond acceptors (Lipinski definition) is 5. The van der Waals surface area contributed by atoms with Crippen molar-refractivity contribution in [1.29, 1.82) is 0 Å². The Morgan fingerprint density at radius 3 is 2.62 bits per heavy atom. The van der Waals surface area contributed by atoms with Crippen molar-refractivity contribution in [2.24, 2.45) is 10.8 Å². The van der Waals surface area contributed by atoms with Crippen molar-refractivity contribution in [2.45, 2.75) is 70.1 Å². The van der Waals surface area contributed by atoms with Gasteiger partial charge in [0.2, 0.25) is 5.91 Å². The molecule has 37 heavy (non-hydrogen) atoms. The first kappa shape index (κ1) is 23.9. The van der Waals surface area contributed by atoms with Gasteiger partial charge in [-0.15, -0.1) is 0 Å². The third-order valence-corrected chi connectivity index (χ3v) is 9.37. The number of benzene rings is 2. The number of non-ortho nitro benzene ring substituents is 1. The van der Waals surface area contributed by atoms with Crippen molar-refractivity contribution in [2.75, 3.05) is 0 Å². The third kappa shape index (κ3) is 4.03. The van der Waals surface area contributed by atoms with Gasteiger partial charge in [0.25, 0.3) is 5.69 Å². The highest BCUT2D eigenvalue weighted by molar-refractivity contribution is 5.82. The van der Waals surface area contributed by atoms with Gasteiger partial charge in [-0.1, -0.05) is 42.8 Å². The molecule has 2 aromatic carbocycles. The lowest BCUT2D eigenvalue weighted by Gasteiger charge is -2.45. The molecular weight excluding hydrogens is 468 g/mol. The second-order valence-corrected chi connectivity index (χ2v) is 11.1. The molecule has 8 nitrogen and oxygen atoms in total. The Bertz CT molecular complexity index is 1320. The number of nitro groups is 1. The first-order chi connectivity index (χ1) is 17.9. The molecule has 3 saturated carbocycles. The Balaban J connectivity index is 1.12. The van der Waals surface area contributed by atoms with E-state index in [-0.39, 0.29) is 23.1 Å². The van der Waals surface area contributed by atoms with Crippen LogP contribution in [0.1, 0.15) is 68.5 Å². The smallest absolute Gasteiger partial charge is 0.269 e. The van der Waals surface area contributed by atoms with Gasteiger partial charge >= 0.3 is 0 Å². The van der Waals surface area contributed by atoms with Gasteiger partial charge in [-0.2, -0.15) is 0 Å². The van der Waals surface area contributed by atoms with E-state index >= 15 is 0 Å². The van der Waals surface area contributed by atoms with E-state index in [4.69, 9.17) is 0 Å². The van der Waals surface area contributed by atoms with E-state index in [1.54, 1.807) is 12.1 Å². The highest BCUT2D eigenvalue weighted by Crippen LogP contribution is 2.57. The van der Waals surface area contributed by atoms with Crippen LogP contribution in [0.2, 0.25) is 0 Å². The van der Waals surface area contributed by atoms with Gasteiger partial charge in [0.05, 0.1) is 35.3 Å². The van der Waals surface area contributed by atoms with E-state index in [1.807, 2.05) is 18.6 Å². The monoisotopic (exact) mass is 500 g/mol. The SMILES string of the molecule is O=C(NCc1ccc([N+](=O)[O-])cc1)C12CCCC(C(O)CC3c4ccccc4-c4cncn43)(CC1)CC2. The lowest BCUT2D eigenvalue weighted by molar-refractivity contribution is -0.384. The lowest BCUT2D eigenvalue weighted by atomic mass is 9.62. The van der Waals surface area contributed by atoms with E-state index in [2.05, 4.69) is 33.1 Å². The van der Waals surface area contributed by atoms with Crippen LogP contribution < -0.4 is 5.32 Å². The summed E-state index contributed by atoms with van der Waals surface area (Å²) in [7, 11) is 0. The molecule has 1 amide bonds. The standard InChI is InChI=1S/C29H32N4O4/c34-26(16-24-22-4-1-2-5-23(22)25-18-30-19-32(24)25)28-10-3-11-29(14-12-28,15-13-28)27(35)31-17-20-6-8-21(9-7-20)33(36)37/h1-2,4-9,18-19,24,26,34H,3,10-17H2,(H,31,35). The van der Waals surface area contributed by atoms with Crippen LogP contribution in [0.15, 0.2) is 61.1 Å². The average molecular weight is 501 g/mol. The topological polar surface area (TPSA) is 110 Å². The summed E-state index contributed by atoms with van der Waals surface area (Å²) in [6.45, 7) is 0.362. The maximum Gasteiger partial charge on any atom is 0.269 e. The number of nitro benzene ring substituents is 1. The Hall–Kier alpha value is -3.52. The van der Waals surface area contributed by atoms with Crippen LogP contribution in [0.5, 0.6) is 0 Å². The van der Waals surface area contributed by atoms with Gasteiger partial charge in [0.1, 0.15) is 0 Å². The van der Waals surface area contributed by atoms with Gasteiger partial charge in [-0.05, 0) is 61.5 Å². The van der Waals surface area contributed by atoms with Crippen LogP contribution in [0, 0.1) is 20.9 Å². The molecule has 2 unspecified atom stereocenters. The molecule has 3 fully saturated rings. The third-order valence-electron chi connectivity index (χ3n) is 9.37. The highest BCUT2D eigenvalue weighted by atomic mass is 16.6. The Morgan fingerprint density at radius 1 is 1.11 bits per heavy atom. The predicted molar refractivity (Wildman–Crippen MR) is 139 cm³/mol. The molecule has 0 radical (unpaired) electrons. The number of rotatable bonds is 7. The molecule has 4 aliphatic rings. The molecule has 0 spiro atoms. The number of nitrogens with one attached hydrogen (secondary N) is 1. The maximum atomic E-state index is 13.4. The molecule has 0 saturated heterocycles. The molecule has 7 rings (SSSR count). The maximum absolute atomic E-state index is 13.4. The number of carbonyl (C=O) groups excluding carboxylic acids is 1. The molecule has 3 aliphatic carbocycles. The van der Waals surface area contributed by atoms with Crippen molar-refractivity contribution in [3.63, 3.8) is 0 Å². The summed E-state index contributed by atoms with van der Waals surface area (Å²) in [5.74, 6) is 0.0728. The molecule has 192 valence electrons. The van der Waals surface area contributed by atoms with Gasteiger partial charge in [0.15, 0.2) is 0 Å². The van der Waals surface area contributed by atoms with Crippen molar-refractivity contribution in [3.8, 4) is 11.3 Å². The fraction of sp³-hybridized carbons (Fsp3) is 0.448. The van der Waals surface area contributed by atoms with E-state index in [0.29, 0.717) is 13.0 Å². The summed E-state index contributed by atoms with van der Waals surface area (Å²) < 4.78 is 2.19. The second-order valence-electron chi connectivity index (χ2n) is 11.1. The fourth-order valence-electron chi connectivity index (χ4n) is 7.09. The molecule has 8 heteroatoms. The fourth-order valence-corrected chi connectivity index (χ4v) is 7.09. The normalized spacial score (nSPS) is 26.7. The van der Waals surface area contributed by atoms with Crippen LogP contribution in [0.4, 0.5) is 5.69 Å². The van der Waals surface area contributed by atoms with Gasteiger partial charge in [-0.3, -0.25) is 14.9 Å². The van der Waals surface area contributed by atoms with Gasteiger partial charge in [-0.25, -0.2) is 4.98 Å². The molecule has 2 heterocycles. The Labute approximate surface area is 215 Å². The summed E-state index contributed by atoms with van der Waals surface area (Å²) in [6, 6.07) is 14.8. The predicted octanol–water partition coefficient (Wildman–Crippen LogP) is 5.16. The zero-order chi connectivity index (χ0) is 25.6. The van der Waals surface area contributed by atoms with Crippen LogP contribution in [0.3, 0.4) is 0 Å². The summed E-state index contributed by atoms with van der Waals surface area (Å²) in [5.41, 5.74) is 3.90. The first-order valence-corrected chi connectivity index (χ1v) is 13.2. The summed E-state index contributed by atoms with van der Waals surface area (Å²) in [5, 5.41) is 25.7. The van der Waals surface area contributed by atoms with E-state index < -0.39 is 16.4 Å². The molecule has 2 atom stereocenters. The number of amides is 1. The first-order valence-electron chi connectivity index (χ1n) is 13.2. The molecule has 2 bridgehead atoms. The zero-order valence-electron chi connectivity index (χ0n) is 20.8. The van der Waals surface area contributed by atoms with Crippen molar-refractivity contribution < 1.29 is 14.8 Å². The van der Waals surface area contributed by atoms with Crippen molar-refractivity contribution in [3.05, 3.63) is 82.3 Å². The minimum absolute atomic E-state index is 0.0463. The number of imidazole rings is 1. The molecular formula is C29H32N4O4. The van der Waals surface area contributed by atoms with Crippen LogP contribution in [-0.4, -0.2) is 31.6 Å². The molecule has 1 aliphatic heterocycles. The van der Waals surface area contributed by atoms with Gasteiger partial charge < -0.3 is 15.0 Å². The van der Waals surface area contributed by atoms with Crippen LogP contribution >= 0.6 is 0 Å². The number of hydrogen-bond donors (Lipinski definition) is 2. The van der Waals surface area contributed by atoms with E-state index in [9.17, 15) is 20.0 Å². The lowest BCUT2D eigenvalue weighted by Crippen LogP contribution is -2.46. The average Bonchev–Trinajstić information content (AvgIpc) is 3.37. The molecule has 3 aromatic rings. The number of carbonyl (C=O) groups is 1. The molecule has 2 N–H and O–H groups in total. The number of aromatic nitrogens is 2. The minimum atomic E-state index is -0.446. The van der Waals surface area contributed by atoms with E-state index in [0.717, 1.165) is 56.2 Å². The van der Waals surface area contributed by atoms with Crippen LogP contribution in [0.25, 0.3) is 11.3 Å². The van der Waals surface area contributed by atoms with E-state index in [1.165, 1.54) is 23.3 Å². The van der Waals surface area contributed by atoms with Crippen LogP contribution in [-0.2, 0) is 11.3 Å². The number of fused-ring (bicyclic) bond motifs is 7. The summed E-state index contributed by atoms with van der Waals surface area (Å²) >= 11 is 0.